The van der Waals surface area contributed by atoms with Crippen molar-refractivity contribution >= 4 is 11.8 Å². The van der Waals surface area contributed by atoms with E-state index in [-0.39, 0.29) is 23.2 Å². The maximum absolute atomic E-state index is 13.0. The van der Waals surface area contributed by atoms with Gasteiger partial charge in [0.2, 0.25) is 0 Å². The molecule has 1 N–H and O–H groups in total. The maximum atomic E-state index is 13.0. The minimum absolute atomic E-state index is 0.201. The fraction of sp³-hybridized carbons (Fsp3) is 0.136. The summed E-state index contributed by atoms with van der Waals surface area (Å²) in [5, 5.41) is 9.37. The number of hydrogen-bond donors (Lipinski definition) is 1. The third kappa shape index (κ3) is 3.36. The number of rotatable bonds is 4. The van der Waals surface area contributed by atoms with Crippen LogP contribution < -0.4 is 0 Å². The zero-order valence-electron chi connectivity index (χ0n) is 14.8. The van der Waals surface area contributed by atoms with Crippen LogP contribution in [0.5, 0.6) is 0 Å². The summed E-state index contributed by atoms with van der Waals surface area (Å²) in [6.45, 7) is 0.459. The van der Waals surface area contributed by atoms with E-state index in [0.29, 0.717) is 12.2 Å². The second-order valence-corrected chi connectivity index (χ2v) is 6.73. The van der Waals surface area contributed by atoms with E-state index in [0.717, 1.165) is 11.1 Å². The standard InChI is InChI=1S/C22H17FN2O3/c23-16-9-10-19(24-11-16)15-7-5-14(6-8-15)12-25-13-18(22(27)28)21(26)17-3-1-2-4-20(17)25/h1-11,13,17,20H,12H2,(H,27,28). The zero-order valence-corrected chi connectivity index (χ0v) is 14.8. The van der Waals surface area contributed by atoms with Gasteiger partial charge in [-0.1, -0.05) is 48.6 Å². The van der Waals surface area contributed by atoms with Gasteiger partial charge in [0, 0.05) is 18.3 Å². The van der Waals surface area contributed by atoms with Crippen LogP contribution in [0.4, 0.5) is 4.39 Å². The molecule has 140 valence electrons. The Kier molecular flexibility index (Phi) is 4.61. The number of carboxylic acids is 1. The number of benzene rings is 1. The average molecular weight is 376 g/mol. The Labute approximate surface area is 161 Å². The van der Waals surface area contributed by atoms with Crippen LogP contribution in [0.1, 0.15) is 5.56 Å². The molecule has 0 saturated heterocycles. The number of allylic oxidation sites excluding steroid dienone is 2. The van der Waals surface area contributed by atoms with E-state index in [1.54, 1.807) is 18.2 Å². The van der Waals surface area contributed by atoms with Crippen LogP contribution in [0.25, 0.3) is 11.3 Å². The first-order valence-corrected chi connectivity index (χ1v) is 8.84. The summed E-state index contributed by atoms with van der Waals surface area (Å²) in [6, 6.07) is 10.4. The molecule has 0 spiro atoms. The van der Waals surface area contributed by atoms with Gasteiger partial charge in [0.05, 0.1) is 23.9 Å². The van der Waals surface area contributed by atoms with Crippen molar-refractivity contribution in [1.29, 1.82) is 0 Å². The predicted molar refractivity (Wildman–Crippen MR) is 101 cm³/mol. The molecule has 4 rings (SSSR count). The zero-order chi connectivity index (χ0) is 19.7. The second kappa shape index (κ2) is 7.23. The monoisotopic (exact) mass is 376 g/mol. The molecule has 1 aromatic carbocycles. The summed E-state index contributed by atoms with van der Waals surface area (Å²) in [6.07, 6.45) is 9.91. The van der Waals surface area contributed by atoms with Gasteiger partial charge < -0.3 is 10.0 Å². The van der Waals surface area contributed by atoms with Crippen LogP contribution in [-0.4, -0.2) is 32.8 Å². The van der Waals surface area contributed by atoms with Crippen molar-refractivity contribution in [3.8, 4) is 11.3 Å². The van der Waals surface area contributed by atoms with Gasteiger partial charge in [-0.2, -0.15) is 0 Å². The maximum Gasteiger partial charge on any atom is 0.340 e. The topological polar surface area (TPSA) is 70.5 Å². The molecule has 0 radical (unpaired) electrons. The van der Waals surface area contributed by atoms with Crippen molar-refractivity contribution in [1.82, 2.24) is 9.88 Å². The number of carbonyl (C=O) groups excluding carboxylic acids is 1. The lowest BCUT2D eigenvalue weighted by atomic mass is 9.84. The number of aliphatic carboxylic acids is 1. The molecule has 1 aromatic heterocycles. The smallest absolute Gasteiger partial charge is 0.340 e. The van der Waals surface area contributed by atoms with E-state index < -0.39 is 11.9 Å². The van der Waals surface area contributed by atoms with Gasteiger partial charge in [0.15, 0.2) is 5.78 Å². The van der Waals surface area contributed by atoms with E-state index in [9.17, 15) is 19.1 Å². The van der Waals surface area contributed by atoms with E-state index >= 15 is 0 Å². The lowest BCUT2D eigenvalue weighted by Gasteiger charge is -2.37. The Balaban J connectivity index is 1.59. The highest BCUT2D eigenvalue weighted by Crippen LogP contribution is 2.30. The third-order valence-electron chi connectivity index (χ3n) is 4.92. The predicted octanol–water partition coefficient (Wildman–Crippen LogP) is 3.35. The Hall–Kier alpha value is -3.54. The molecule has 5 nitrogen and oxygen atoms in total. The highest BCUT2D eigenvalue weighted by Gasteiger charge is 2.38. The molecule has 2 aliphatic rings. The van der Waals surface area contributed by atoms with E-state index in [1.807, 2.05) is 41.3 Å². The Morgan fingerprint density at radius 1 is 1.11 bits per heavy atom. The second-order valence-electron chi connectivity index (χ2n) is 6.73. The summed E-state index contributed by atoms with van der Waals surface area (Å²) in [5.41, 5.74) is 2.29. The minimum atomic E-state index is -1.21. The fourth-order valence-corrected chi connectivity index (χ4v) is 3.50. The number of hydrogen-bond acceptors (Lipinski definition) is 4. The fourth-order valence-electron chi connectivity index (χ4n) is 3.50. The first-order valence-electron chi connectivity index (χ1n) is 8.84. The van der Waals surface area contributed by atoms with Crippen LogP contribution in [0.3, 0.4) is 0 Å². The van der Waals surface area contributed by atoms with Gasteiger partial charge in [-0.05, 0) is 17.7 Å². The molecule has 1 aliphatic carbocycles. The lowest BCUT2D eigenvalue weighted by molar-refractivity contribution is -0.136. The number of aromatic nitrogens is 1. The van der Waals surface area contributed by atoms with E-state index in [2.05, 4.69) is 4.98 Å². The van der Waals surface area contributed by atoms with E-state index in [1.165, 1.54) is 18.5 Å². The van der Waals surface area contributed by atoms with Crippen LogP contribution in [0.15, 0.2) is 78.7 Å². The summed E-state index contributed by atoms with van der Waals surface area (Å²) < 4.78 is 13.0. The van der Waals surface area contributed by atoms with Crippen molar-refractivity contribution < 1.29 is 19.1 Å². The Morgan fingerprint density at radius 3 is 2.54 bits per heavy atom. The number of carbonyl (C=O) groups is 2. The Bertz CT molecular complexity index is 1010. The summed E-state index contributed by atoms with van der Waals surface area (Å²) >= 11 is 0. The molecular formula is C22H17FN2O3. The largest absolute Gasteiger partial charge is 0.478 e. The van der Waals surface area contributed by atoms with Gasteiger partial charge in [0.1, 0.15) is 11.4 Å². The molecule has 0 amide bonds. The number of nitrogens with zero attached hydrogens (tertiary/aromatic N) is 2. The van der Waals surface area contributed by atoms with Gasteiger partial charge in [-0.15, -0.1) is 0 Å². The molecule has 0 saturated carbocycles. The number of Topliss-reactive ketones (excluding diaryl/α,β-unsaturated/α-hetero) is 1. The van der Waals surface area contributed by atoms with Crippen LogP contribution in [0, 0.1) is 11.7 Å². The number of carboxylic acid groups (broad SMARTS) is 1. The number of ketones is 1. The molecule has 2 atom stereocenters. The molecule has 2 heterocycles. The molecule has 0 fully saturated rings. The first kappa shape index (κ1) is 17.9. The number of fused-ring (bicyclic) bond motifs is 1. The minimum Gasteiger partial charge on any atom is -0.478 e. The van der Waals surface area contributed by atoms with Crippen molar-refractivity contribution in [3.63, 3.8) is 0 Å². The molecule has 6 heteroatoms. The lowest BCUT2D eigenvalue weighted by Crippen LogP contribution is -2.45. The highest BCUT2D eigenvalue weighted by atomic mass is 19.1. The average Bonchev–Trinajstić information content (AvgIpc) is 2.71. The first-order chi connectivity index (χ1) is 13.5. The SMILES string of the molecule is O=C(O)C1=CN(Cc2ccc(-c3ccc(F)cn3)cc2)C2C=CC=CC2C1=O. The van der Waals surface area contributed by atoms with Gasteiger partial charge in [-0.3, -0.25) is 9.78 Å². The van der Waals surface area contributed by atoms with Crippen molar-refractivity contribution in [2.75, 3.05) is 0 Å². The third-order valence-corrected chi connectivity index (χ3v) is 4.92. The number of pyridine rings is 1. The van der Waals surface area contributed by atoms with Gasteiger partial charge in [0.25, 0.3) is 0 Å². The van der Waals surface area contributed by atoms with Gasteiger partial charge in [-0.25, -0.2) is 9.18 Å². The van der Waals surface area contributed by atoms with E-state index in [4.69, 9.17) is 0 Å². The molecule has 28 heavy (non-hydrogen) atoms. The van der Waals surface area contributed by atoms with Crippen LogP contribution in [0.2, 0.25) is 0 Å². The summed E-state index contributed by atoms with van der Waals surface area (Å²) in [7, 11) is 0. The van der Waals surface area contributed by atoms with Crippen molar-refractivity contribution in [2.45, 2.75) is 12.6 Å². The molecule has 2 unspecified atom stereocenters. The molecule has 0 bridgehead atoms. The number of halogens is 1. The van der Waals surface area contributed by atoms with Crippen LogP contribution >= 0.6 is 0 Å². The summed E-state index contributed by atoms with van der Waals surface area (Å²) in [5.74, 6) is -2.46. The van der Waals surface area contributed by atoms with Crippen LogP contribution in [-0.2, 0) is 16.1 Å². The summed E-state index contributed by atoms with van der Waals surface area (Å²) in [4.78, 5) is 29.8. The molecule has 2 aromatic rings. The highest BCUT2D eigenvalue weighted by molar-refractivity contribution is 6.18. The normalized spacial score (nSPS) is 20.7. The van der Waals surface area contributed by atoms with Gasteiger partial charge >= 0.3 is 5.97 Å². The quantitative estimate of drug-likeness (QED) is 0.829. The van der Waals surface area contributed by atoms with Crippen molar-refractivity contribution in [3.05, 3.63) is 90.1 Å². The molecule has 1 aliphatic heterocycles. The van der Waals surface area contributed by atoms with Crippen molar-refractivity contribution in [2.24, 2.45) is 5.92 Å². The Morgan fingerprint density at radius 2 is 1.86 bits per heavy atom. The molecular weight excluding hydrogens is 359 g/mol.